The lowest BCUT2D eigenvalue weighted by Crippen LogP contribution is -2.15. The van der Waals surface area contributed by atoms with Crippen LogP contribution in [0.3, 0.4) is 0 Å². The van der Waals surface area contributed by atoms with Crippen molar-refractivity contribution in [1.82, 2.24) is 4.98 Å². The van der Waals surface area contributed by atoms with Crippen LogP contribution in [-0.2, 0) is 14.6 Å². The Morgan fingerprint density at radius 3 is 2.47 bits per heavy atom. The van der Waals surface area contributed by atoms with E-state index in [4.69, 9.17) is 0 Å². The van der Waals surface area contributed by atoms with Crippen LogP contribution < -0.4 is 5.32 Å². The highest BCUT2D eigenvalue weighted by atomic mass is 32.2. The van der Waals surface area contributed by atoms with E-state index in [1.54, 1.807) is 31.2 Å². The van der Waals surface area contributed by atoms with Crippen molar-refractivity contribution in [1.29, 1.82) is 0 Å². The highest BCUT2D eigenvalue weighted by Crippen LogP contribution is 2.35. The number of allylic oxidation sites excluding steroid dienone is 1. The van der Waals surface area contributed by atoms with Crippen molar-refractivity contribution in [3.8, 4) is 0 Å². The van der Waals surface area contributed by atoms with Gasteiger partial charge in [-0.25, -0.2) is 13.4 Å². The number of rotatable bonds is 8. The minimum Gasteiger partial charge on any atom is -0.393 e. The zero-order valence-electron chi connectivity index (χ0n) is 18.0. The molecule has 9 heteroatoms. The summed E-state index contributed by atoms with van der Waals surface area (Å²) in [5.41, 5.74) is 1.50. The van der Waals surface area contributed by atoms with Crippen LogP contribution >= 0.6 is 11.3 Å². The molecule has 3 N–H and O–H groups in total. The monoisotopic (exact) mass is 476 g/mol. The summed E-state index contributed by atoms with van der Waals surface area (Å²) < 4.78 is 25.0. The molecule has 0 aliphatic heterocycles. The van der Waals surface area contributed by atoms with Gasteiger partial charge in [-0.15, -0.1) is 11.3 Å². The first kappa shape index (κ1) is 23.1. The zero-order valence-corrected chi connectivity index (χ0v) is 19.6. The molecular formula is C23H28N2O5S2. The van der Waals surface area contributed by atoms with E-state index in [0.717, 1.165) is 30.6 Å². The Balaban J connectivity index is 1.60. The van der Waals surface area contributed by atoms with Gasteiger partial charge in [-0.2, -0.15) is 0 Å². The molecule has 2 aliphatic carbocycles. The first-order valence-electron chi connectivity index (χ1n) is 10.9. The number of hydrogen-bond acceptors (Lipinski definition) is 7. The maximum atomic E-state index is 13.2. The number of carbonyl (C=O) groups excluding carboxylic acids is 1. The van der Waals surface area contributed by atoms with Crippen molar-refractivity contribution in [2.45, 2.75) is 61.7 Å². The Labute approximate surface area is 192 Å². The van der Waals surface area contributed by atoms with Gasteiger partial charge >= 0.3 is 0 Å². The fourth-order valence-electron chi connectivity index (χ4n) is 4.08. The van der Waals surface area contributed by atoms with Gasteiger partial charge in [0.15, 0.2) is 15.0 Å². The quantitative estimate of drug-likeness (QED) is 0.501. The predicted octanol–water partition coefficient (Wildman–Crippen LogP) is 3.63. The van der Waals surface area contributed by atoms with Crippen LogP contribution in [0.4, 0.5) is 5.13 Å². The molecule has 172 valence electrons. The third-order valence-corrected chi connectivity index (χ3v) is 9.23. The molecule has 1 aromatic carbocycles. The van der Waals surface area contributed by atoms with Gasteiger partial charge in [0.25, 0.3) is 5.91 Å². The number of aliphatic hydroxyl groups excluding tert-OH is 2. The Hall–Kier alpha value is -2.07. The van der Waals surface area contributed by atoms with Gasteiger partial charge in [0.05, 0.1) is 22.4 Å². The second-order valence-electron chi connectivity index (χ2n) is 8.51. The van der Waals surface area contributed by atoms with Crippen LogP contribution in [-0.4, -0.2) is 41.4 Å². The molecule has 0 saturated heterocycles. The summed E-state index contributed by atoms with van der Waals surface area (Å²) in [4.78, 5) is 18.5. The smallest absolute Gasteiger partial charge is 0.257 e. The fraction of sp³-hybridized carbons (Fsp3) is 0.478. The second-order valence-corrected chi connectivity index (χ2v) is 11.9. The van der Waals surface area contributed by atoms with Crippen molar-refractivity contribution in [3.63, 3.8) is 0 Å². The summed E-state index contributed by atoms with van der Waals surface area (Å²) in [6.45, 7) is 1.33. The van der Waals surface area contributed by atoms with Crippen molar-refractivity contribution in [2.24, 2.45) is 5.92 Å². The van der Waals surface area contributed by atoms with Crippen LogP contribution in [0.2, 0.25) is 0 Å². The third-order valence-electron chi connectivity index (χ3n) is 6.05. The summed E-state index contributed by atoms with van der Waals surface area (Å²) in [6.07, 6.45) is 6.61. The summed E-state index contributed by atoms with van der Waals surface area (Å²) in [7, 11) is -3.28. The Bertz CT molecular complexity index is 1110. The van der Waals surface area contributed by atoms with Crippen molar-refractivity contribution in [3.05, 3.63) is 46.5 Å². The van der Waals surface area contributed by atoms with Crippen LogP contribution in [0.5, 0.6) is 0 Å². The Morgan fingerprint density at radius 1 is 1.22 bits per heavy atom. The fourth-order valence-corrected chi connectivity index (χ4v) is 6.60. The number of carbonyl (C=O) groups is 1. The highest BCUT2D eigenvalue weighted by molar-refractivity contribution is 7.92. The minimum absolute atomic E-state index is 0.276. The average Bonchev–Trinajstić information content (AvgIpc) is 3.41. The summed E-state index contributed by atoms with van der Waals surface area (Å²) in [6, 6.07) is 6.57. The van der Waals surface area contributed by atoms with E-state index in [9.17, 15) is 23.4 Å². The number of benzene rings is 1. The number of aryl methyl sites for hydroxylation is 1. The minimum atomic E-state index is -3.28. The molecule has 2 fully saturated rings. The molecule has 1 aromatic heterocycles. The second kappa shape index (κ2) is 9.43. The SMILES string of the molecule is Cc1sc(NC(=O)C(=CC2CCCC2)c2ccc(S(=O)(=O)C3CC3)cc2)nc1C(O)CO. The molecule has 0 radical (unpaired) electrons. The molecule has 0 spiro atoms. The van der Waals surface area contributed by atoms with E-state index in [0.29, 0.717) is 45.6 Å². The van der Waals surface area contributed by atoms with Gasteiger partial charge in [-0.3, -0.25) is 10.1 Å². The lowest BCUT2D eigenvalue weighted by Gasteiger charge is -2.12. The molecule has 1 amide bonds. The number of aromatic nitrogens is 1. The van der Waals surface area contributed by atoms with Gasteiger partial charge in [0, 0.05) is 10.5 Å². The lowest BCUT2D eigenvalue weighted by atomic mass is 9.98. The zero-order chi connectivity index (χ0) is 22.9. The number of nitrogens with one attached hydrogen (secondary N) is 1. The number of amides is 1. The number of aliphatic hydroxyl groups is 2. The van der Waals surface area contributed by atoms with Gasteiger partial charge < -0.3 is 10.2 Å². The molecule has 7 nitrogen and oxygen atoms in total. The van der Waals surface area contributed by atoms with E-state index in [1.807, 2.05) is 6.08 Å². The number of hydrogen-bond donors (Lipinski definition) is 3. The molecule has 1 heterocycles. The topological polar surface area (TPSA) is 117 Å². The first-order chi connectivity index (χ1) is 15.3. The standard InChI is InChI=1S/C23H28N2O5S2/c1-14-21(20(27)13-26)24-23(31-14)25-22(28)19(12-15-4-2-3-5-15)16-6-8-17(9-7-16)32(29,30)18-10-11-18/h6-9,12,15,18,20,26-27H,2-5,10-11,13H2,1H3,(H,24,25,28). The molecule has 0 bridgehead atoms. The van der Waals surface area contributed by atoms with E-state index in [1.165, 1.54) is 11.3 Å². The first-order valence-corrected chi connectivity index (χ1v) is 13.3. The maximum Gasteiger partial charge on any atom is 0.257 e. The number of nitrogens with zero attached hydrogens (tertiary/aromatic N) is 1. The maximum absolute atomic E-state index is 13.2. The van der Waals surface area contributed by atoms with Crippen LogP contribution in [0, 0.1) is 12.8 Å². The van der Waals surface area contributed by atoms with Gasteiger partial charge in [0.2, 0.25) is 0 Å². The lowest BCUT2D eigenvalue weighted by molar-refractivity contribution is -0.111. The molecule has 1 unspecified atom stereocenters. The predicted molar refractivity (Wildman–Crippen MR) is 124 cm³/mol. The van der Waals surface area contributed by atoms with Gasteiger partial charge in [0.1, 0.15) is 6.10 Å². The third kappa shape index (κ3) is 4.96. The molecule has 2 aromatic rings. The number of thiazole rings is 1. The van der Waals surface area contributed by atoms with E-state index in [-0.39, 0.29) is 11.2 Å². The van der Waals surface area contributed by atoms with E-state index >= 15 is 0 Å². The van der Waals surface area contributed by atoms with Crippen LogP contribution in [0.1, 0.15) is 60.8 Å². The largest absolute Gasteiger partial charge is 0.393 e. The van der Waals surface area contributed by atoms with Crippen molar-refractivity contribution >= 4 is 37.8 Å². The highest BCUT2D eigenvalue weighted by Gasteiger charge is 2.36. The number of sulfone groups is 1. The Morgan fingerprint density at radius 2 is 1.88 bits per heavy atom. The normalized spacial score (nSPS) is 18.7. The molecule has 1 atom stereocenters. The van der Waals surface area contributed by atoms with E-state index < -0.39 is 22.5 Å². The summed E-state index contributed by atoms with van der Waals surface area (Å²) >= 11 is 1.24. The summed E-state index contributed by atoms with van der Waals surface area (Å²) in [5, 5.41) is 22.0. The van der Waals surface area contributed by atoms with Crippen LogP contribution in [0.15, 0.2) is 35.2 Å². The molecule has 2 saturated carbocycles. The number of anilines is 1. The van der Waals surface area contributed by atoms with Gasteiger partial charge in [-0.05, 0) is 56.2 Å². The average molecular weight is 477 g/mol. The van der Waals surface area contributed by atoms with Crippen molar-refractivity contribution in [2.75, 3.05) is 11.9 Å². The van der Waals surface area contributed by atoms with Crippen LogP contribution in [0.25, 0.3) is 5.57 Å². The van der Waals surface area contributed by atoms with E-state index in [2.05, 4.69) is 10.3 Å². The Kier molecular flexibility index (Phi) is 6.80. The molecule has 32 heavy (non-hydrogen) atoms. The van der Waals surface area contributed by atoms with Crippen molar-refractivity contribution < 1.29 is 23.4 Å². The summed E-state index contributed by atoms with van der Waals surface area (Å²) in [5.74, 6) is -0.0242. The molecular weight excluding hydrogens is 448 g/mol. The molecule has 2 aliphatic rings. The molecule has 4 rings (SSSR count). The van der Waals surface area contributed by atoms with Gasteiger partial charge in [-0.1, -0.05) is 31.1 Å².